The molecular formula is C19H26N4O. The van der Waals surface area contributed by atoms with E-state index < -0.39 is 0 Å². The van der Waals surface area contributed by atoms with Gasteiger partial charge in [-0.2, -0.15) is 0 Å². The van der Waals surface area contributed by atoms with Gasteiger partial charge in [-0.15, -0.1) is 0 Å². The van der Waals surface area contributed by atoms with E-state index in [1.165, 1.54) is 12.0 Å². The van der Waals surface area contributed by atoms with Crippen molar-refractivity contribution in [1.29, 1.82) is 0 Å². The third kappa shape index (κ3) is 4.10. The van der Waals surface area contributed by atoms with E-state index in [1.54, 1.807) is 7.11 Å². The summed E-state index contributed by atoms with van der Waals surface area (Å²) in [6.07, 6.45) is 4.20. The Balaban J connectivity index is 1.75. The fourth-order valence-electron chi connectivity index (χ4n) is 3.30. The average molecular weight is 326 g/mol. The highest BCUT2D eigenvalue weighted by atomic mass is 16.5. The standard InChI is InChI=1S/C19H26N4O/c1-22(2)14-16-9-10-20-19(21-16)18-8-5-11-23(18)13-15-6-4-7-17(12-15)24-3/h4,6-7,9-10,12,18H,5,8,11,13-14H2,1-3H3. The van der Waals surface area contributed by atoms with E-state index in [9.17, 15) is 0 Å². The van der Waals surface area contributed by atoms with Gasteiger partial charge in [-0.3, -0.25) is 4.90 Å². The van der Waals surface area contributed by atoms with Gasteiger partial charge in [0.25, 0.3) is 0 Å². The number of likely N-dealkylation sites (tertiary alicyclic amines) is 1. The minimum absolute atomic E-state index is 0.304. The summed E-state index contributed by atoms with van der Waals surface area (Å²) in [5.41, 5.74) is 2.35. The zero-order chi connectivity index (χ0) is 16.9. The summed E-state index contributed by atoms with van der Waals surface area (Å²) in [6, 6.07) is 10.6. The molecule has 24 heavy (non-hydrogen) atoms. The second-order valence-corrected chi connectivity index (χ2v) is 6.62. The van der Waals surface area contributed by atoms with Crippen molar-refractivity contribution in [1.82, 2.24) is 19.8 Å². The van der Waals surface area contributed by atoms with Crippen LogP contribution in [0.1, 0.15) is 36.0 Å². The molecule has 0 radical (unpaired) electrons. The Morgan fingerprint density at radius 1 is 1.29 bits per heavy atom. The maximum atomic E-state index is 5.34. The zero-order valence-electron chi connectivity index (χ0n) is 14.8. The fourth-order valence-corrected chi connectivity index (χ4v) is 3.30. The third-order valence-electron chi connectivity index (χ3n) is 4.39. The number of aromatic nitrogens is 2. The Kier molecular flexibility index (Phi) is 5.43. The number of ether oxygens (including phenoxy) is 1. The SMILES string of the molecule is COc1cccc(CN2CCCC2c2nccc(CN(C)C)n2)c1. The molecule has 1 atom stereocenters. The molecule has 0 N–H and O–H groups in total. The molecular weight excluding hydrogens is 300 g/mol. The van der Waals surface area contributed by atoms with Crippen molar-refractivity contribution in [3.63, 3.8) is 0 Å². The molecule has 1 unspecified atom stereocenters. The van der Waals surface area contributed by atoms with Crippen LogP contribution < -0.4 is 4.74 Å². The monoisotopic (exact) mass is 326 g/mol. The van der Waals surface area contributed by atoms with Crippen LogP contribution in [0.2, 0.25) is 0 Å². The van der Waals surface area contributed by atoms with Crippen LogP contribution in [0.3, 0.4) is 0 Å². The molecule has 1 aromatic heterocycles. The summed E-state index contributed by atoms with van der Waals surface area (Å²) in [5.74, 6) is 1.86. The van der Waals surface area contributed by atoms with Gasteiger partial charge >= 0.3 is 0 Å². The normalized spacial score (nSPS) is 18.2. The number of hydrogen-bond donors (Lipinski definition) is 0. The third-order valence-corrected chi connectivity index (χ3v) is 4.39. The Bertz CT molecular complexity index is 674. The first-order valence-corrected chi connectivity index (χ1v) is 8.49. The molecule has 5 heteroatoms. The van der Waals surface area contributed by atoms with Crippen LogP contribution in [0.15, 0.2) is 36.5 Å². The lowest BCUT2D eigenvalue weighted by Gasteiger charge is -2.24. The summed E-state index contributed by atoms with van der Waals surface area (Å²) < 4.78 is 5.34. The lowest BCUT2D eigenvalue weighted by Crippen LogP contribution is -2.25. The molecule has 3 rings (SSSR count). The maximum absolute atomic E-state index is 5.34. The molecule has 1 aliphatic heterocycles. The van der Waals surface area contributed by atoms with Gasteiger partial charge in [-0.25, -0.2) is 9.97 Å². The van der Waals surface area contributed by atoms with Gasteiger partial charge < -0.3 is 9.64 Å². The average Bonchev–Trinajstić information content (AvgIpc) is 3.03. The molecule has 2 aromatic rings. The van der Waals surface area contributed by atoms with Crippen LogP contribution in [0.25, 0.3) is 0 Å². The zero-order valence-corrected chi connectivity index (χ0v) is 14.8. The van der Waals surface area contributed by atoms with Crippen molar-refractivity contribution in [3.8, 4) is 5.75 Å². The van der Waals surface area contributed by atoms with Gasteiger partial charge in [-0.05, 0) is 57.2 Å². The Morgan fingerprint density at radius 2 is 2.17 bits per heavy atom. The number of rotatable bonds is 6. The highest BCUT2D eigenvalue weighted by Crippen LogP contribution is 2.31. The lowest BCUT2D eigenvalue weighted by molar-refractivity contribution is 0.238. The molecule has 1 fully saturated rings. The van der Waals surface area contributed by atoms with E-state index >= 15 is 0 Å². The van der Waals surface area contributed by atoms with Gasteiger partial charge in [0, 0.05) is 19.3 Å². The van der Waals surface area contributed by atoms with Gasteiger partial charge in [-0.1, -0.05) is 12.1 Å². The van der Waals surface area contributed by atoms with Crippen LogP contribution in [0.5, 0.6) is 5.75 Å². The maximum Gasteiger partial charge on any atom is 0.145 e. The molecule has 2 heterocycles. The van der Waals surface area contributed by atoms with Gasteiger partial charge in [0.15, 0.2) is 0 Å². The minimum atomic E-state index is 0.304. The summed E-state index contributed by atoms with van der Waals surface area (Å²) in [6.45, 7) is 2.84. The summed E-state index contributed by atoms with van der Waals surface area (Å²) in [5, 5.41) is 0. The predicted octanol–water partition coefficient (Wildman–Crippen LogP) is 2.88. The first-order valence-electron chi connectivity index (χ1n) is 8.49. The first-order chi connectivity index (χ1) is 11.7. The van der Waals surface area contributed by atoms with E-state index in [1.807, 2.05) is 24.4 Å². The second kappa shape index (κ2) is 7.73. The predicted molar refractivity (Wildman–Crippen MR) is 94.8 cm³/mol. The smallest absolute Gasteiger partial charge is 0.145 e. The Hall–Kier alpha value is -1.98. The van der Waals surface area contributed by atoms with Gasteiger partial charge in [0.05, 0.1) is 18.8 Å². The van der Waals surface area contributed by atoms with E-state index in [4.69, 9.17) is 9.72 Å². The molecule has 5 nitrogen and oxygen atoms in total. The Morgan fingerprint density at radius 3 is 2.96 bits per heavy atom. The molecule has 0 bridgehead atoms. The lowest BCUT2D eigenvalue weighted by atomic mass is 10.1. The van der Waals surface area contributed by atoms with Crippen LogP contribution >= 0.6 is 0 Å². The molecule has 1 saturated heterocycles. The Labute approximate surface area is 144 Å². The molecule has 0 saturated carbocycles. The first kappa shape index (κ1) is 16.9. The molecule has 0 aliphatic carbocycles. The largest absolute Gasteiger partial charge is 0.497 e. The number of hydrogen-bond acceptors (Lipinski definition) is 5. The van der Waals surface area contributed by atoms with Crippen molar-refractivity contribution in [3.05, 3.63) is 53.6 Å². The summed E-state index contributed by atoms with van der Waals surface area (Å²) in [7, 11) is 5.83. The van der Waals surface area contributed by atoms with Crippen molar-refractivity contribution < 1.29 is 4.74 Å². The van der Waals surface area contributed by atoms with Gasteiger partial charge in [0.2, 0.25) is 0 Å². The summed E-state index contributed by atoms with van der Waals surface area (Å²) in [4.78, 5) is 14.0. The van der Waals surface area contributed by atoms with Crippen LogP contribution in [0, 0.1) is 0 Å². The van der Waals surface area contributed by atoms with E-state index in [2.05, 4.69) is 41.0 Å². The van der Waals surface area contributed by atoms with Gasteiger partial charge in [0.1, 0.15) is 11.6 Å². The second-order valence-electron chi connectivity index (χ2n) is 6.62. The van der Waals surface area contributed by atoms with Crippen molar-refractivity contribution in [2.45, 2.75) is 32.0 Å². The van der Waals surface area contributed by atoms with Crippen LogP contribution in [-0.4, -0.2) is 47.5 Å². The summed E-state index contributed by atoms with van der Waals surface area (Å²) >= 11 is 0. The van der Waals surface area contributed by atoms with Crippen molar-refractivity contribution in [2.24, 2.45) is 0 Å². The molecule has 0 amide bonds. The fraction of sp³-hybridized carbons (Fsp3) is 0.474. The van der Waals surface area contributed by atoms with Crippen molar-refractivity contribution in [2.75, 3.05) is 27.7 Å². The number of nitrogens with zero attached hydrogens (tertiary/aromatic N) is 4. The molecule has 0 spiro atoms. The van der Waals surface area contributed by atoms with Crippen LogP contribution in [0.4, 0.5) is 0 Å². The van der Waals surface area contributed by atoms with Crippen molar-refractivity contribution >= 4 is 0 Å². The molecule has 128 valence electrons. The highest BCUT2D eigenvalue weighted by molar-refractivity contribution is 5.28. The highest BCUT2D eigenvalue weighted by Gasteiger charge is 2.28. The molecule has 1 aliphatic rings. The number of benzene rings is 1. The minimum Gasteiger partial charge on any atom is -0.497 e. The van der Waals surface area contributed by atoms with E-state index in [0.29, 0.717) is 6.04 Å². The quantitative estimate of drug-likeness (QED) is 0.816. The van der Waals surface area contributed by atoms with E-state index in [-0.39, 0.29) is 0 Å². The van der Waals surface area contributed by atoms with E-state index in [0.717, 1.165) is 43.3 Å². The topological polar surface area (TPSA) is 41.5 Å². The molecule has 1 aromatic carbocycles. The van der Waals surface area contributed by atoms with Crippen LogP contribution in [-0.2, 0) is 13.1 Å². The number of methoxy groups -OCH3 is 1.